The maximum atomic E-state index is 14.1. The third-order valence-corrected chi connectivity index (χ3v) is 7.12. The van der Waals surface area contributed by atoms with Crippen LogP contribution in [-0.4, -0.2) is 60.6 Å². The molecule has 1 saturated heterocycles. The van der Waals surface area contributed by atoms with Crippen LogP contribution >= 0.6 is 0 Å². The van der Waals surface area contributed by atoms with Crippen molar-refractivity contribution in [2.45, 2.75) is 38.3 Å². The van der Waals surface area contributed by atoms with Crippen molar-refractivity contribution < 1.29 is 23.5 Å². The first-order valence-corrected chi connectivity index (χ1v) is 12.0. The summed E-state index contributed by atoms with van der Waals surface area (Å²) in [5.74, 6) is 0.976. The molecule has 7 nitrogen and oxygen atoms in total. The third-order valence-electron chi connectivity index (χ3n) is 7.12. The van der Waals surface area contributed by atoms with Crippen molar-refractivity contribution in [2.75, 3.05) is 33.0 Å². The molecule has 1 saturated carbocycles. The van der Waals surface area contributed by atoms with Gasteiger partial charge in [-0.1, -0.05) is 31.0 Å². The Morgan fingerprint density at radius 1 is 1.00 bits per heavy atom. The molecule has 0 bridgehead atoms. The van der Waals surface area contributed by atoms with Gasteiger partial charge < -0.3 is 19.7 Å². The standard InChI is InChI=1S/C26H30FN3O4/c27-21-8-4-3-7-20(21)26(32)30-13-11-29(12-14-30)24(19-5-1-2-6-19)25(31)28-16-18-9-10-22-23(15-18)34-17-33-22/h3-4,7-10,15,19,24H,1-2,5-6,11-14,16-17H2,(H,28,31). The Bertz CT molecular complexity index is 1050. The minimum absolute atomic E-state index is 0.0263. The molecular weight excluding hydrogens is 437 g/mol. The van der Waals surface area contributed by atoms with Gasteiger partial charge in [0.2, 0.25) is 12.7 Å². The molecule has 2 aromatic rings. The largest absolute Gasteiger partial charge is 0.454 e. The number of carbonyl (C=O) groups excluding carboxylic acids is 2. The molecule has 180 valence electrons. The van der Waals surface area contributed by atoms with E-state index in [1.165, 1.54) is 12.1 Å². The number of ether oxygens (including phenoxy) is 2. The first-order valence-electron chi connectivity index (χ1n) is 12.0. The SMILES string of the molecule is O=C(NCc1ccc2c(c1)OCO2)C(C1CCCC1)N1CCN(C(=O)c2ccccc2F)CC1. The Morgan fingerprint density at radius 2 is 1.74 bits per heavy atom. The van der Waals surface area contributed by atoms with E-state index in [2.05, 4.69) is 10.2 Å². The van der Waals surface area contributed by atoms with E-state index in [1.54, 1.807) is 17.0 Å². The van der Waals surface area contributed by atoms with Gasteiger partial charge in [-0.3, -0.25) is 14.5 Å². The quantitative estimate of drug-likeness (QED) is 0.707. The van der Waals surface area contributed by atoms with Crippen molar-refractivity contribution in [1.82, 2.24) is 15.1 Å². The van der Waals surface area contributed by atoms with E-state index in [9.17, 15) is 14.0 Å². The molecular formula is C26H30FN3O4. The first kappa shape index (κ1) is 22.7. The Labute approximate surface area is 198 Å². The van der Waals surface area contributed by atoms with E-state index < -0.39 is 5.82 Å². The van der Waals surface area contributed by atoms with E-state index in [4.69, 9.17) is 9.47 Å². The van der Waals surface area contributed by atoms with Crippen LogP contribution in [0.15, 0.2) is 42.5 Å². The lowest BCUT2D eigenvalue weighted by atomic mass is 9.94. The highest BCUT2D eigenvalue weighted by atomic mass is 19.1. The molecule has 34 heavy (non-hydrogen) atoms. The lowest BCUT2D eigenvalue weighted by Gasteiger charge is -2.40. The zero-order chi connectivity index (χ0) is 23.5. The van der Waals surface area contributed by atoms with Gasteiger partial charge in [0.25, 0.3) is 5.91 Å². The summed E-state index contributed by atoms with van der Waals surface area (Å²) in [4.78, 5) is 30.1. The Balaban J connectivity index is 1.22. The second kappa shape index (κ2) is 10.0. The maximum absolute atomic E-state index is 14.1. The maximum Gasteiger partial charge on any atom is 0.256 e. The highest BCUT2D eigenvalue weighted by Crippen LogP contribution is 2.33. The number of hydrogen-bond acceptors (Lipinski definition) is 5. The summed E-state index contributed by atoms with van der Waals surface area (Å²) in [6.45, 7) is 2.79. The fourth-order valence-corrected chi connectivity index (χ4v) is 5.30. The van der Waals surface area contributed by atoms with Crippen molar-refractivity contribution in [3.8, 4) is 11.5 Å². The molecule has 2 heterocycles. The zero-order valence-electron chi connectivity index (χ0n) is 19.2. The van der Waals surface area contributed by atoms with E-state index in [0.717, 1.165) is 37.0 Å². The zero-order valence-corrected chi connectivity index (χ0v) is 19.2. The summed E-state index contributed by atoms with van der Waals surface area (Å²) in [6, 6.07) is 11.6. The average Bonchev–Trinajstić information content (AvgIpc) is 3.55. The monoisotopic (exact) mass is 467 g/mol. The van der Waals surface area contributed by atoms with Crippen molar-refractivity contribution in [3.63, 3.8) is 0 Å². The van der Waals surface area contributed by atoms with Crippen LogP contribution in [0.1, 0.15) is 41.6 Å². The summed E-state index contributed by atoms with van der Waals surface area (Å²) >= 11 is 0. The van der Waals surface area contributed by atoms with Gasteiger partial charge in [0.05, 0.1) is 11.6 Å². The summed E-state index contributed by atoms with van der Waals surface area (Å²) < 4.78 is 24.9. The van der Waals surface area contributed by atoms with Gasteiger partial charge >= 0.3 is 0 Å². The highest BCUT2D eigenvalue weighted by Gasteiger charge is 2.37. The molecule has 2 aromatic carbocycles. The highest BCUT2D eigenvalue weighted by molar-refractivity contribution is 5.94. The summed E-state index contributed by atoms with van der Waals surface area (Å²) in [6.07, 6.45) is 4.36. The summed E-state index contributed by atoms with van der Waals surface area (Å²) in [5, 5.41) is 3.12. The van der Waals surface area contributed by atoms with Gasteiger partial charge in [0.15, 0.2) is 11.5 Å². The molecule has 3 aliphatic rings. The fraction of sp³-hybridized carbons (Fsp3) is 0.462. The van der Waals surface area contributed by atoms with Gasteiger partial charge in [-0.15, -0.1) is 0 Å². The number of nitrogens with one attached hydrogen (secondary N) is 1. The molecule has 2 aliphatic heterocycles. The van der Waals surface area contributed by atoms with Crippen molar-refractivity contribution in [3.05, 3.63) is 59.4 Å². The van der Waals surface area contributed by atoms with Gasteiger partial charge in [0, 0.05) is 32.7 Å². The number of fused-ring (bicyclic) bond motifs is 1. The normalized spacial score (nSPS) is 19.3. The average molecular weight is 468 g/mol. The van der Waals surface area contributed by atoms with Gasteiger partial charge in [-0.25, -0.2) is 4.39 Å². The molecule has 8 heteroatoms. The first-order chi connectivity index (χ1) is 16.6. The number of carbonyl (C=O) groups is 2. The number of hydrogen-bond donors (Lipinski definition) is 1. The van der Waals surface area contributed by atoms with Crippen LogP contribution in [0, 0.1) is 11.7 Å². The van der Waals surface area contributed by atoms with Gasteiger partial charge in [0.1, 0.15) is 5.82 Å². The molecule has 1 aliphatic carbocycles. The van der Waals surface area contributed by atoms with Crippen molar-refractivity contribution >= 4 is 11.8 Å². The lowest BCUT2D eigenvalue weighted by molar-refractivity contribution is -0.129. The minimum Gasteiger partial charge on any atom is -0.454 e. The number of amides is 2. The van der Waals surface area contributed by atoms with Crippen LogP contribution < -0.4 is 14.8 Å². The second-order valence-corrected chi connectivity index (χ2v) is 9.20. The Hall–Kier alpha value is -3.13. The summed E-state index contributed by atoms with van der Waals surface area (Å²) in [5.41, 5.74) is 1.06. The number of rotatable bonds is 6. The molecule has 0 radical (unpaired) electrons. The number of benzene rings is 2. The van der Waals surface area contributed by atoms with E-state index in [0.29, 0.717) is 44.4 Å². The van der Waals surface area contributed by atoms with Gasteiger partial charge in [-0.2, -0.15) is 0 Å². The molecule has 0 aromatic heterocycles. The van der Waals surface area contributed by atoms with Crippen LogP contribution in [0.25, 0.3) is 0 Å². The molecule has 1 unspecified atom stereocenters. The van der Waals surface area contributed by atoms with Crippen LogP contribution in [-0.2, 0) is 11.3 Å². The molecule has 2 amide bonds. The topological polar surface area (TPSA) is 71.1 Å². The Kier molecular flexibility index (Phi) is 6.67. The van der Waals surface area contributed by atoms with E-state index in [-0.39, 0.29) is 30.2 Å². The number of halogens is 1. The Morgan fingerprint density at radius 3 is 2.50 bits per heavy atom. The van der Waals surface area contributed by atoms with Crippen LogP contribution in [0.2, 0.25) is 0 Å². The lowest BCUT2D eigenvalue weighted by Crippen LogP contribution is -2.58. The third kappa shape index (κ3) is 4.73. The molecule has 0 spiro atoms. The number of piperazine rings is 1. The fourth-order valence-electron chi connectivity index (χ4n) is 5.30. The summed E-state index contributed by atoms with van der Waals surface area (Å²) in [7, 11) is 0. The van der Waals surface area contributed by atoms with Crippen molar-refractivity contribution in [2.24, 2.45) is 5.92 Å². The molecule has 1 N–H and O–H groups in total. The number of nitrogens with zero attached hydrogens (tertiary/aromatic N) is 2. The van der Waals surface area contributed by atoms with Crippen LogP contribution in [0.5, 0.6) is 11.5 Å². The van der Waals surface area contributed by atoms with Crippen molar-refractivity contribution in [1.29, 1.82) is 0 Å². The predicted molar refractivity (Wildman–Crippen MR) is 124 cm³/mol. The van der Waals surface area contributed by atoms with E-state index in [1.807, 2.05) is 18.2 Å². The van der Waals surface area contributed by atoms with Gasteiger partial charge in [-0.05, 0) is 48.6 Å². The smallest absolute Gasteiger partial charge is 0.256 e. The second-order valence-electron chi connectivity index (χ2n) is 9.20. The minimum atomic E-state index is -0.498. The van der Waals surface area contributed by atoms with Crippen LogP contribution in [0.3, 0.4) is 0 Å². The predicted octanol–water partition coefficient (Wildman–Crippen LogP) is 3.19. The molecule has 5 rings (SSSR count). The molecule has 2 fully saturated rings. The van der Waals surface area contributed by atoms with E-state index >= 15 is 0 Å². The van der Waals surface area contributed by atoms with Crippen LogP contribution in [0.4, 0.5) is 4.39 Å². The molecule has 1 atom stereocenters.